The van der Waals surface area contributed by atoms with Crippen molar-refractivity contribution in [2.75, 3.05) is 0 Å². The molecule has 0 aromatic carbocycles. The van der Waals surface area contributed by atoms with Crippen LogP contribution >= 0.6 is 0 Å². The van der Waals surface area contributed by atoms with E-state index >= 15 is 0 Å². The second kappa shape index (κ2) is 2.85. The third-order valence-electron chi connectivity index (χ3n) is 1.17. The van der Waals surface area contributed by atoms with Crippen molar-refractivity contribution in [3.8, 4) is 0 Å². The molecule has 0 aliphatic carbocycles. The van der Waals surface area contributed by atoms with Gasteiger partial charge < -0.3 is 30.0 Å². The lowest BCUT2D eigenvalue weighted by Gasteiger charge is -2.30. The molecule has 64 valence electrons. The highest BCUT2D eigenvalue weighted by Crippen LogP contribution is 2.07. The average Bonchev–Trinajstić information content (AvgIpc) is 1.85. The molecule has 0 heterocycles. The third-order valence-corrected chi connectivity index (χ3v) is 1.17. The van der Waals surface area contributed by atoms with E-state index < -0.39 is 23.6 Å². The first-order valence-corrected chi connectivity index (χ1v) is 2.63. The van der Waals surface area contributed by atoms with Crippen LogP contribution in [0.15, 0.2) is 0 Å². The first kappa shape index (κ1) is 9.86. The van der Waals surface area contributed by atoms with Gasteiger partial charge in [-0.3, -0.25) is 0 Å². The number of aliphatic hydroxyl groups excluding tert-OH is 1. The van der Waals surface area contributed by atoms with Crippen molar-refractivity contribution in [1.29, 1.82) is 0 Å². The fourth-order valence-electron chi connectivity index (χ4n) is 0.341. The molecule has 0 aromatic heterocycles. The molecule has 0 radical (unpaired) electrons. The zero-order valence-corrected chi connectivity index (χ0v) is 5.60. The van der Waals surface area contributed by atoms with Crippen LogP contribution in [0, 0.1) is 0 Å². The van der Waals surface area contributed by atoms with Gasteiger partial charge in [0.1, 0.15) is 11.7 Å². The highest BCUT2D eigenvalue weighted by Gasteiger charge is 2.32. The second-order valence-corrected chi connectivity index (χ2v) is 2.16. The van der Waals surface area contributed by atoms with Crippen molar-refractivity contribution in [2.24, 2.45) is 0 Å². The smallest absolute Gasteiger partial charge is 0.132 e. The van der Waals surface area contributed by atoms with Crippen molar-refractivity contribution in [1.82, 2.24) is 0 Å². The van der Waals surface area contributed by atoms with Gasteiger partial charge in [-0.2, -0.15) is 0 Å². The normalized spacial score (nSPS) is 18.5. The van der Waals surface area contributed by atoms with Crippen LogP contribution in [0.4, 0.5) is 0 Å². The largest absolute Gasteiger partial charge is 0.547 e. The minimum Gasteiger partial charge on any atom is -0.547 e. The highest BCUT2D eigenvalue weighted by atomic mass is 16.4. The van der Waals surface area contributed by atoms with E-state index in [1.807, 2.05) is 0 Å². The SMILES string of the molecule is CC(O)(C(=O)[O-])C(O)C(=O)[O-]. The second-order valence-electron chi connectivity index (χ2n) is 2.16. The van der Waals surface area contributed by atoms with Gasteiger partial charge in [0.05, 0.1) is 11.9 Å². The molecule has 2 unspecified atom stereocenters. The van der Waals surface area contributed by atoms with E-state index in [9.17, 15) is 19.8 Å². The van der Waals surface area contributed by atoms with Crippen LogP contribution in [0.1, 0.15) is 6.92 Å². The van der Waals surface area contributed by atoms with Crippen LogP contribution in [0.3, 0.4) is 0 Å². The molecule has 0 bridgehead atoms. The number of hydrogen-bond donors (Lipinski definition) is 2. The molecular formula is C5H6O6-2. The van der Waals surface area contributed by atoms with Crippen LogP contribution in [0.2, 0.25) is 0 Å². The lowest BCUT2D eigenvalue weighted by atomic mass is 10.00. The van der Waals surface area contributed by atoms with Crippen LogP contribution in [0.5, 0.6) is 0 Å². The summed E-state index contributed by atoms with van der Waals surface area (Å²) in [6, 6.07) is 0. The average molecular weight is 162 g/mol. The van der Waals surface area contributed by atoms with Crippen LogP contribution < -0.4 is 10.2 Å². The predicted molar refractivity (Wildman–Crippen MR) is 26.6 cm³/mol. The summed E-state index contributed by atoms with van der Waals surface area (Å²) in [5.74, 6) is -4.14. The molecule has 0 aliphatic rings. The molecule has 0 fully saturated rings. The Morgan fingerprint density at radius 1 is 1.45 bits per heavy atom. The van der Waals surface area contributed by atoms with E-state index in [0.717, 1.165) is 0 Å². The van der Waals surface area contributed by atoms with Gasteiger partial charge in [-0.25, -0.2) is 0 Å². The number of rotatable bonds is 3. The molecule has 2 N–H and O–H groups in total. The standard InChI is InChI=1S/C5H8O6/c1-5(11,4(9)10)2(6)3(7)8/h2,6,11H,1H3,(H,7,8)(H,9,10)/p-2. The van der Waals surface area contributed by atoms with Crippen LogP contribution in [-0.2, 0) is 9.59 Å². The summed E-state index contributed by atoms with van der Waals surface area (Å²) in [5.41, 5.74) is -2.82. The topological polar surface area (TPSA) is 121 Å². The van der Waals surface area contributed by atoms with E-state index in [1.165, 1.54) is 0 Å². The maximum Gasteiger partial charge on any atom is 0.132 e. The fourth-order valence-corrected chi connectivity index (χ4v) is 0.341. The summed E-state index contributed by atoms with van der Waals surface area (Å²) < 4.78 is 0. The first-order chi connectivity index (χ1) is 4.80. The number of carboxylic acid groups (broad SMARTS) is 2. The number of carbonyl (C=O) groups is 2. The van der Waals surface area contributed by atoms with Gasteiger partial charge >= 0.3 is 0 Å². The summed E-state index contributed by atoms with van der Waals surface area (Å²) >= 11 is 0. The van der Waals surface area contributed by atoms with Crippen molar-refractivity contribution >= 4 is 11.9 Å². The van der Waals surface area contributed by atoms with Crippen molar-refractivity contribution < 1.29 is 30.0 Å². The molecule has 6 nitrogen and oxygen atoms in total. The summed E-state index contributed by atoms with van der Waals surface area (Å²) in [6.07, 6.45) is -2.49. The Bertz CT molecular complexity index is 183. The number of hydrogen-bond acceptors (Lipinski definition) is 6. The van der Waals surface area contributed by atoms with Crippen molar-refractivity contribution in [2.45, 2.75) is 18.6 Å². The number of carboxylic acids is 2. The van der Waals surface area contributed by atoms with Crippen LogP contribution in [-0.4, -0.2) is 33.9 Å². The lowest BCUT2D eigenvalue weighted by molar-refractivity contribution is -0.343. The summed E-state index contributed by atoms with van der Waals surface area (Å²) in [5, 5.41) is 37.0. The van der Waals surface area contributed by atoms with Gasteiger partial charge in [0.15, 0.2) is 0 Å². The molecule has 0 aliphatic heterocycles. The maximum atomic E-state index is 9.95. The van der Waals surface area contributed by atoms with E-state index in [0.29, 0.717) is 6.92 Å². The van der Waals surface area contributed by atoms with Crippen molar-refractivity contribution in [3.63, 3.8) is 0 Å². The van der Waals surface area contributed by atoms with Gasteiger partial charge in [-0.1, -0.05) is 0 Å². The molecule has 0 saturated heterocycles. The Hall–Kier alpha value is -1.14. The molecular weight excluding hydrogens is 156 g/mol. The number of aliphatic hydroxyl groups is 2. The minimum absolute atomic E-state index is 0.600. The van der Waals surface area contributed by atoms with Gasteiger partial charge in [0.25, 0.3) is 0 Å². The summed E-state index contributed by atoms with van der Waals surface area (Å²) in [6.45, 7) is 0.600. The Labute approximate surface area is 61.7 Å². The molecule has 0 rings (SSSR count). The van der Waals surface area contributed by atoms with Gasteiger partial charge in [-0.05, 0) is 6.92 Å². The Morgan fingerprint density at radius 3 is 1.91 bits per heavy atom. The fraction of sp³-hybridized carbons (Fsp3) is 0.600. The first-order valence-electron chi connectivity index (χ1n) is 2.63. The zero-order chi connectivity index (χ0) is 9.23. The summed E-state index contributed by atoms with van der Waals surface area (Å²) in [7, 11) is 0. The molecule has 11 heavy (non-hydrogen) atoms. The maximum absolute atomic E-state index is 9.95. The molecule has 6 heteroatoms. The van der Waals surface area contributed by atoms with E-state index in [2.05, 4.69) is 0 Å². The monoisotopic (exact) mass is 162 g/mol. The highest BCUT2D eigenvalue weighted by molar-refractivity contribution is 5.84. The molecule has 0 saturated carbocycles. The quantitative estimate of drug-likeness (QED) is 0.432. The third kappa shape index (κ3) is 1.89. The Balaban J connectivity index is 4.55. The van der Waals surface area contributed by atoms with Gasteiger partial charge in [-0.15, -0.1) is 0 Å². The Kier molecular flexibility index (Phi) is 2.55. The Morgan fingerprint density at radius 2 is 1.82 bits per heavy atom. The van der Waals surface area contributed by atoms with E-state index in [-0.39, 0.29) is 0 Å². The molecule has 0 amide bonds. The summed E-state index contributed by atoms with van der Waals surface area (Å²) in [4.78, 5) is 19.8. The molecule has 0 spiro atoms. The molecule has 2 atom stereocenters. The van der Waals surface area contributed by atoms with Crippen LogP contribution in [0.25, 0.3) is 0 Å². The zero-order valence-electron chi connectivity index (χ0n) is 5.60. The van der Waals surface area contributed by atoms with E-state index in [1.54, 1.807) is 0 Å². The van der Waals surface area contributed by atoms with Crippen molar-refractivity contribution in [3.05, 3.63) is 0 Å². The number of carbonyl (C=O) groups excluding carboxylic acids is 2. The van der Waals surface area contributed by atoms with E-state index in [4.69, 9.17) is 10.2 Å². The molecule has 0 aromatic rings. The van der Waals surface area contributed by atoms with Gasteiger partial charge in [0.2, 0.25) is 0 Å². The van der Waals surface area contributed by atoms with Gasteiger partial charge in [0, 0.05) is 0 Å². The lowest BCUT2D eigenvalue weighted by Crippen LogP contribution is -2.59. The minimum atomic E-state index is -2.82. The predicted octanol–water partition coefficient (Wildman–Crippen LogP) is -4.40. The number of aliphatic carboxylic acids is 2.